The lowest BCUT2D eigenvalue weighted by Crippen LogP contribution is -2.43. The average Bonchev–Trinajstić information content (AvgIpc) is 2.34. The van der Waals surface area contributed by atoms with Crippen LogP contribution in [0, 0.1) is 5.41 Å². The van der Waals surface area contributed by atoms with Crippen molar-refractivity contribution in [2.24, 2.45) is 11.1 Å². The molecule has 0 saturated heterocycles. The van der Waals surface area contributed by atoms with Crippen molar-refractivity contribution < 1.29 is 4.79 Å². The Kier molecular flexibility index (Phi) is 4.66. The summed E-state index contributed by atoms with van der Waals surface area (Å²) in [4.78, 5) is 40.5. The van der Waals surface area contributed by atoms with Gasteiger partial charge in [0.1, 0.15) is 5.69 Å². The summed E-state index contributed by atoms with van der Waals surface area (Å²) in [5, 5.41) is 0. The topological polar surface area (TPSA) is 112 Å². The van der Waals surface area contributed by atoms with E-state index >= 15 is 0 Å². The van der Waals surface area contributed by atoms with Crippen molar-refractivity contribution in [1.29, 1.82) is 0 Å². The van der Waals surface area contributed by atoms with Crippen molar-refractivity contribution >= 4 is 5.91 Å². The van der Waals surface area contributed by atoms with E-state index in [1.807, 2.05) is 25.8 Å². The lowest BCUT2D eigenvalue weighted by atomic mass is 9.93. The highest BCUT2D eigenvalue weighted by molar-refractivity contribution is 5.92. The normalized spacial score (nSPS) is 11.4. The Labute approximate surface area is 110 Å². The number of aromatic amines is 2. The van der Waals surface area contributed by atoms with E-state index in [4.69, 9.17) is 5.73 Å². The minimum atomic E-state index is -0.690. The maximum absolute atomic E-state index is 12.2. The SMILES string of the molecule is CCN(CC(C)(C)CN)C(=O)c1cc(=O)[nH]c(=O)[nH]1. The summed E-state index contributed by atoms with van der Waals surface area (Å²) in [6.07, 6.45) is 0. The first-order chi connectivity index (χ1) is 8.79. The number of H-pyrrole nitrogens is 2. The Balaban J connectivity index is 3.02. The summed E-state index contributed by atoms with van der Waals surface area (Å²) in [5.41, 5.74) is 4.12. The van der Waals surface area contributed by atoms with Crippen LogP contribution in [0.25, 0.3) is 0 Å². The Morgan fingerprint density at radius 1 is 1.37 bits per heavy atom. The van der Waals surface area contributed by atoms with Gasteiger partial charge in [0.05, 0.1) is 0 Å². The van der Waals surface area contributed by atoms with E-state index in [-0.39, 0.29) is 17.0 Å². The van der Waals surface area contributed by atoms with Gasteiger partial charge in [-0.15, -0.1) is 0 Å². The molecule has 7 heteroatoms. The molecule has 0 bridgehead atoms. The Bertz CT molecular complexity index is 530. The molecule has 0 atom stereocenters. The average molecular weight is 268 g/mol. The van der Waals surface area contributed by atoms with E-state index in [1.165, 1.54) is 0 Å². The van der Waals surface area contributed by atoms with Gasteiger partial charge < -0.3 is 15.6 Å². The van der Waals surface area contributed by atoms with Crippen molar-refractivity contribution in [1.82, 2.24) is 14.9 Å². The van der Waals surface area contributed by atoms with Crippen LogP contribution in [-0.4, -0.2) is 40.4 Å². The summed E-state index contributed by atoms with van der Waals surface area (Å²) in [6.45, 7) is 7.08. The molecular formula is C12H20N4O3. The van der Waals surface area contributed by atoms with E-state index in [9.17, 15) is 14.4 Å². The van der Waals surface area contributed by atoms with Crippen LogP contribution in [0.3, 0.4) is 0 Å². The third-order valence-corrected chi connectivity index (χ3v) is 2.83. The van der Waals surface area contributed by atoms with Crippen LogP contribution in [0.4, 0.5) is 0 Å². The molecule has 0 aliphatic rings. The maximum Gasteiger partial charge on any atom is 0.326 e. The number of amides is 1. The fourth-order valence-corrected chi connectivity index (χ4v) is 1.66. The standard InChI is InChI=1S/C12H20N4O3/c1-4-16(7-12(2,3)6-13)10(18)8-5-9(17)15-11(19)14-8/h5H,4,6-7,13H2,1-3H3,(H2,14,15,17,19). The molecule has 0 spiro atoms. The zero-order chi connectivity index (χ0) is 14.6. The third-order valence-electron chi connectivity index (χ3n) is 2.83. The van der Waals surface area contributed by atoms with Crippen LogP contribution < -0.4 is 17.0 Å². The number of aromatic nitrogens is 2. The molecule has 19 heavy (non-hydrogen) atoms. The molecule has 1 aromatic heterocycles. The number of hydrogen-bond donors (Lipinski definition) is 3. The van der Waals surface area contributed by atoms with Crippen molar-refractivity contribution in [3.8, 4) is 0 Å². The van der Waals surface area contributed by atoms with Crippen molar-refractivity contribution in [2.45, 2.75) is 20.8 Å². The van der Waals surface area contributed by atoms with E-state index in [0.29, 0.717) is 19.6 Å². The van der Waals surface area contributed by atoms with Gasteiger partial charge in [-0.2, -0.15) is 0 Å². The highest BCUT2D eigenvalue weighted by atomic mass is 16.2. The first-order valence-corrected chi connectivity index (χ1v) is 6.12. The summed E-state index contributed by atoms with van der Waals surface area (Å²) in [7, 11) is 0. The monoisotopic (exact) mass is 268 g/mol. The predicted octanol–water partition coefficient (Wildman–Crippen LogP) is -0.490. The van der Waals surface area contributed by atoms with Gasteiger partial charge in [-0.3, -0.25) is 14.6 Å². The van der Waals surface area contributed by atoms with Gasteiger partial charge in [-0.1, -0.05) is 13.8 Å². The van der Waals surface area contributed by atoms with Crippen molar-refractivity contribution in [2.75, 3.05) is 19.6 Å². The van der Waals surface area contributed by atoms with Crippen LogP contribution in [0.1, 0.15) is 31.3 Å². The molecule has 0 radical (unpaired) electrons. The lowest BCUT2D eigenvalue weighted by Gasteiger charge is -2.30. The van der Waals surface area contributed by atoms with Gasteiger partial charge in [-0.05, 0) is 18.9 Å². The second-order valence-corrected chi connectivity index (χ2v) is 5.19. The maximum atomic E-state index is 12.2. The zero-order valence-corrected chi connectivity index (χ0v) is 11.4. The number of rotatable bonds is 5. The molecule has 7 nitrogen and oxygen atoms in total. The smallest absolute Gasteiger partial charge is 0.326 e. The van der Waals surface area contributed by atoms with Crippen LogP contribution in [0.5, 0.6) is 0 Å². The number of carbonyl (C=O) groups excluding carboxylic acids is 1. The molecule has 4 N–H and O–H groups in total. The largest absolute Gasteiger partial charge is 0.337 e. The Morgan fingerprint density at radius 3 is 2.47 bits per heavy atom. The van der Waals surface area contributed by atoms with Gasteiger partial charge in [0.2, 0.25) is 0 Å². The van der Waals surface area contributed by atoms with Crippen LogP contribution in [0.15, 0.2) is 15.7 Å². The Hall–Kier alpha value is -1.89. The number of carbonyl (C=O) groups is 1. The van der Waals surface area contributed by atoms with Gasteiger partial charge in [0.25, 0.3) is 11.5 Å². The lowest BCUT2D eigenvalue weighted by molar-refractivity contribution is 0.0694. The molecule has 0 aliphatic carbocycles. The van der Waals surface area contributed by atoms with Crippen LogP contribution >= 0.6 is 0 Å². The molecule has 1 aromatic rings. The summed E-state index contributed by atoms with van der Waals surface area (Å²) < 4.78 is 0. The minimum Gasteiger partial charge on any atom is -0.337 e. The fourth-order valence-electron chi connectivity index (χ4n) is 1.66. The number of hydrogen-bond acceptors (Lipinski definition) is 4. The number of nitrogens with zero attached hydrogens (tertiary/aromatic N) is 1. The molecule has 106 valence electrons. The van der Waals surface area contributed by atoms with Gasteiger partial charge in [-0.25, -0.2) is 4.79 Å². The number of nitrogens with one attached hydrogen (secondary N) is 2. The Morgan fingerprint density at radius 2 is 2.00 bits per heavy atom. The van der Waals surface area contributed by atoms with Gasteiger partial charge in [0, 0.05) is 19.2 Å². The van der Waals surface area contributed by atoms with E-state index in [0.717, 1.165) is 6.07 Å². The molecular weight excluding hydrogens is 248 g/mol. The fraction of sp³-hybridized carbons (Fsp3) is 0.583. The predicted molar refractivity (Wildman–Crippen MR) is 72.1 cm³/mol. The van der Waals surface area contributed by atoms with E-state index < -0.39 is 11.2 Å². The van der Waals surface area contributed by atoms with Crippen molar-refractivity contribution in [3.63, 3.8) is 0 Å². The molecule has 1 heterocycles. The second kappa shape index (κ2) is 5.83. The molecule has 0 fully saturated rings. The summed E-state index contributed by atoms with van der Waals surface area (Å²) in [5.74, 6) is -0.382. The first-order valence-electron chi connectivity index (χ1n) is 6.12. The van der Waals surface area contributed by atoms with E-state index in [2.05, 4.69) is 4.98 Å². The van der Waals surface area contributed by atoms with Crippen LogP contribution in [-0.2, 0) is 0 Å². The quantitative estimate of drug-likeness (QED) is 0.669. The minimum absolute atomic E-state index is 0.0107. The molecule has 0 saturated carbocycles. The first kappa shape index (κ1) is 15.2. The summed E-state index contributed by atoms with van der Waals surface area (Å²) >= 11 is 0. The zero-order valence-electron chi connectivity index (χ0n) is 11.4. The van der Waals surface area contributed by atoms with Crippen molar-refractivity contribution in [3.05, 3.63) is 32.6 Å². The molecule has 0 aromatic carbocycles. The second-order valence-electron chi connectivity index (χ2n) is 5.19. The van der Waals surface area contributed by atoms with Gasteiger partial charge in [0.15, 0.2) is 0 Å². The molecule has 0 unspecified atom stereocenters. The molecule has 1 amide bonds. The van der Waals surface area contributed by atoms with E-state index in [1.54, 1.807) is 4.90 Å². The third kappa shape index (κ3) is 4.06. The number of nitrogens with two attached hydrogens (primary N) is 1. The van der Waals surface area contributed by atoms with Gasteiger partial charge >= 0.3 is 5.69 Å². The molecule has 0 aliphatic heterocycles. The summed E-state index contributed by atoms with van der Waals surface area (Å²) in [6, 6.07) is 1.09. The highest BCUT2D eigenvalue weighted by Crippen LogP contribution is 2.15. The highest BCUT2D eigenvalue weighted by Gasteiger charge is 2.24. The van der Waals surface area contributed by atoms with Crippen LogP contribution in [0.2, 0.25) is 0 Å². The molecule has 1 rings (SSSR count).